The van der Waals surface area contributed by atoms with Gasteiger partial charge in [-0.1, -0.05) is 24.3 Å². The minimum absolute atomic E-state index is 0.179. The standard InChI is InChI=1S/C25H29F3N4O3/c26-25(27,28)18-6-4-5-17(13-18)24(35)29-14-23(34)30-21-15-32(16-22(21)33)20-9-11-31(12-10-20)19-7-2-1-3-8-19/h1-8,13,20-22,33H,9-12,14-16H2,(H,29,35)(H,30,34)/t21-,22-/m0/s1. The molecule has 10 heteroatoms. The SMILES string of the molecule is O=C(CNC(=O)c1cccc(C(F)(F)F)c1)N[C@H]1CN(C2CCN(c3ccccc3)CC2)C[C@@H]1O. The quantitative estimate of drug-likeness (QED) is 0.579. The van der Waals surface area contributed by atoms with Crippen LogP contribution in [-0.2, 0) is 11.0 Å². The van der Waals surface area contributed by atoms with Gasteiger partial charge in [0.2, 0.25) is 5.91 Å². The minimum atomic E-state index is -4.56. The number of hydrogen-bond acceptors (Lipinski definition) is 5. The number of aliphatic hydroxyl groups is 1. The van der Waals surface area contributed by atoms with Crippen LogP contribution in [-0.4, -0.2) is 72.7 Å². The Morgan fingerprint density at radius 3 is 2.40 bits per heavy atom. The molecular formula is C25H29F3N4O3. The summed E-state index contributed by atoms with van der Waals surface area (Å²) in [4.78, 5) is 29.1. The van der Waals surface area contributed by atoms with Crippen molar-refractivity contribution in [2.75, 3.05) is 37.6 Å². The maximum absolute atomic E-state index is 12.8. The largest absolute Gasteiger partial charge is 0.416 e. The van der Waals surface area contributed by atoms with Crippen molar-refractivity contribution in [3.63, 3.8) is 0 Å². The zero-order valence-electron chi connectivity index (χ0n) is 19.2. The monoisotopic (exact) mass is 490 g/mol. The number of anilines is 1. The Balaban J connectivity index is 1.23. The van der Waals surface area contributed by atoms with Gasteiger partial charge in [-0.15, -0.1) is 0 Å². The summed E-state index contributed by atoms with van der Waals surface area (Å²) in [7, 11) is 0. The number of carbonyl (C=O) groups excluding carboxylic acids is 2. The second-order valence-corrected chi connectivity index (χ2v) is 9.01. The van der Waals surface area contributed by atoms with Crippen molar-refractivity contribution in [3.05, 3.63) is 65.7 Å². The molecule has 0 bridgehead atoms. The molecule has 2 aliphatic heterocycles. The summed E-state index contributed by atoms with van der Waals surface area (Å²) in [6.07, 6.45) is -3.38. The van der Waals surface area contributed by atoms with Crippen molar-refractivity contribution >= 4 is 17.5 Å². The van der Waals surface area contributed by atoms with E-state index in [1.165, 1.54) is 11.8 Å². The zero-order chi connectivity index (χ0) is 25.0. The van der Waals surface area contributed by atoms with Gasteiger partial charge in [-0.2, -0.15) is 13.2 Å². The van der Waals surface area contributed by atoms with Gasteiger partial charge in [0, 0.05) is 43.5 Å². The number of hydrogen-bond donors (Lipinski definition) is 3. The lowest BCUT2D eigenvalue weighted by atomic mass is 10.0. The van der Waals surface area contributed by atoms with Gasteiger partial charge in [0.1, 0.15) is 0 Å². The molecule has 7 nitrogen and oxygen atoms in total. The number of aliphatic hydroxyl groups excluding tert-OH is 1. The smallest absolute Gasteiger partial charge is 0.390 e. The molecule has 188 valence electrons. The number of nitrogens with one attached hydrogen (secondary N) is 2. The van der Waals surface area contributed by atoms with Crippen molar-refractivity contribution in [1.82, 2.24) is 15.5 Å². The Morgan fingerprint density at radius 1 is 1.00 bits per heavy atom. The predicted octanol–water partition coefficient (Wildman–Crippen LogP) is 2.27. The highest BCUT2D eigenvalue weighted by Crippen LogP contribution is 2.29. The van der Waals surface area contributed by atoms with Gasteiger partial charge in [0.15, 0.2) is 0 Å². The van der Waals surface area contributed by atoms with Gasteiger partial charge < -0.3 is 20.6 Å². The van der Waals surface area contributed by atoms with Gasteiger partial charge in [0.05, 0.1) is 24.3 Å². The van der Waals surface area contributed by atoms with Gasteiger partial charge in [-0.3, -0.25) is 14.5 Å². The van der Waals surface area contributed by atoms with Crippen LogP contribution >= 0.6 is 0 Å². The molecule has 0 spiro atoms. The number of carbonyl (C=O) groups is 2. The first-order chi connectivity index (χ1) is 16.7. The van der Waals surface area contributed by atoms with Crippen LogP contribution in [0, 0.1) is 0 Å². The van der Waals surface area contributed by atoms with Gasteiger partial charge in [-0.25, -0.2) is 0 Å². The zero-order valence-corrected chi connectivity index (χ0v) is 19.2. The lowest BCUT2D eigenvalue weighted by Gasteiger charge is -2.37. The van der Waals surface area contributed by atoms with E-state index in [-0.39, 0.29) is 5.56 Å². The Morgan fingerprint density at radius 2 is 1.71 bits per heavy atom. The maximum Gasteiger partial charge on any atom is 0.416 e. The lowest BCUT2D eigenvalue weighted by Crippen LogP contribution is -2.48. The minimum Gasteiger partial charge on any atom is -0.390 e. The number of piperidine rings is 1. The molecule has 2 heterocycles. The Bertz CT molecular complexity index is 1030. The third-order valence-electron chi connectivity index (χ3n) is 6.63. The van der Waals surface area contributed by atoms with E-state index in [4.69, 9.17) is 0 Å². The summed E-state index contributed by atoms with van der Waals surface area (Å²) >= 11 is 0. The Kier molecular flexibility index (Phi) is 7.61. The van der Waals surface area contributed by atoms with E-state index in [0.29, 0.717) is 19.1 Å². The third kappa shape index (κ3) is 6.32. The van der Waals surface area contributed by atoms with Crippen molar-refractivity contribution < 1.29 is 27.9 Å². The van der Waals surface area contributed by atoms with E-state index in [9.17, 15) is 27.9 Å². The lowest BCUT2D eigenvalue weighted by molar-refractivity contribution is -0.137. The number of likely N-dealkylation sites (tertiary alicyclic amines) is 1. The number of rotatable bonds is 6. The molecule has 3 N–H and O–H groups in total. The number of benzene rings is 2. The van der Waals surface area contributed by atoms with Crippen LogP contribution in [0.3, 0.4) is 0 Å². The van der Waals surface area contributed by atoms with Crippen molar-refractivity contribution in [2.24, 2.45) is 0 Å². The topological polar surface area (TPSA) is 84.9 Å². The molecule has 35 heavy (non-hydrogen) atoms. The van der Waals surface area contributed by atoms with Crippen LogP contribution in [0.15, 0.2) is 54.6 Å². The van der Waals surface area contributed by atoms with Gasteiger partial charge in [0.25, 0.3) is 5.91 Å². The maximum atomic E-state index is 12.8. The average molecular weight is 491 g/mol. The van der Waals surface area contributed by atoms with Crippen LogP contribution in [0.2, 0.25) is 0 Å². The molecule has 2 aliphatic rings. The Labute approximate surface area is 201 Å². The van der Waals surface area contributed by atoms with Crippen LogP contribution in [0.1, 0.15) is 28.8 Å². The van der Waals surface area contributed by atoms with Crippen LogP contribution < -0.4 is 15.5 Å². The predicted molar refractivity (Wildman–Crippen MR) is 125 cm³/mol. The summed E-state index contributed by atoms with van der Waals surface area (Å²) in [5, 5.41) is 15.6. The molecule has 0 unspecified atom stereocenters. The summed E-state index contributed by atoms with van der Waals surface area (Å²) in [6.45, 7) is 2.40. The summed E-state index contributed by atoms with van der Waals surface area (Å²) in [6, 6.07) is 14.1. The van der Waals surface area contributed by atoms with E-state index in [1.807, 2.05) is 18.2 Å². The normalized spacial score (nSPS) is 21.7. The summed E-state index contributed by atoms with van der Waals surface area (Å²) in [5.41, 5.74) is 0.0876. The number of alkyl halides is 3. The van der Waals surface area contributed by atoms with Crippen molar-refractivity contribution in [2.45, 2.75) is 37.2 Å². The fourth-order valence-electron chi connectivity index (χ4n) is 4.74. The highest BCUT2D eigenvalue weighted by molar-refractivity contribution is 5.96. The number of para-hydroxylation sites is 1. The fourth-order valence-corrected chi connectivity index (χ4v) is 4.74. The second kappa shape index (κ2) is 10.7. The summed E-state index contributed by atoms with van der Waals surface area (Å²) in [5.74, 6) is -1.28. The summed E-state index contributed by atoms with van der Waals surface area (Å²) < 4.78 is 38.5. The number of amides is 2. The molecule has 0 aromatic heterocycles. The van der Waals surface area contributed by atoms with Gasteiger partial charge >= 0.3 is 6.18 Å². The average Bonchev–Trinajstić information content (AvgIpc) is 3.22. The number of nitrogens with zero attached hydrogens (tertiary/aromatic N) is 2. The first-order valence-electron chi connectivity index (χ1n) is 11.7. The molecule has 4 rings (SSSR count). The van der Waals surface area contributed by atoms with Gasteiger partial charge in [-0.05, 0) is 43.2 Å². The molecule has 2 aromatic rings. The first kappa shape index (κ1) is 25.0. The molecule has 0 aliphatic carbocycles. The fraction of sp³-hybridized carbons (Fsp3) is 0.440. The highest BCUT2D eigenvalue weighted by Gasteiger charge is 2.37. The van der Waals surface area contributed by atoms with Crippen LogP contribution in [0.4, 0.5) is 18.9 Å². The van der Waals surface area contributed by atoms with Crippen LogP contribution in [0.5, 0.6) is 0 Å². The van der Waals surface area contributed by atoms with E-state index < -0.39 is 42.2 Å². The molecule has 2 atom stereocenters. The van der Waals surface area contributed by atoms with E-state index >= 15 is 0 Å². The number of halogens is 3. The molecule has 0 radical (unpaired) electrons. The second-order valence-electron chi connectivity index (χ2n) is 9.01. The third-order valence-corrected chi connectivity index (χ3v) is 6.63. The molecule has 2 amide bonds. The highest BCUT2D eigenvalue weighted by atomic mass is 19.4. The van der Waals surface area contributed by atoms with E-state index in [2.05, 4.69) is 32.6 Å². The van der Waals surface area contributed by atoms with Crippen molar-refractivity contribution in [1.29, 1.82) is 0 Å². The number of β-amino-alcohol motifs (C(OH)–C–C–N with tert-alkyl or cyclic N) is 1. The van der Waals surface area contributed by atoms with Crippen LogP contribution in [0.25, 0.3) is 0 Å². The Hall–Kier alpha value is -3.11. The molecule has 2 saturated heterocycles. The van der Waals surface area contributed by atoms with E-state index in [1.54, 1.807) is 0 Å². The molecule has 2 fully saturated rings. The van der Waals surface area contributed by atoms with E-state index in [0.717, 1.165) is 44.1 Å². The molecule has 0 saturated carbocycles. The molecular weight excluding hydrogens is 461 g/mol. The molecule has 2 aromatic carbocycles. The van der Waals surface area contributed by atoms with Crippen molar-refractivity contribution in [3.8, 4) is 0 Å². The first-order valence-corrected chi connectivity index (χ1v) is 11.7.